The number of anilines is 1. The molecule has 1 amide bonds. The standard InChI is InChI=1S/C23H20ClNO3/c1-3-28-23(27)16-12-13-21(20(24)14-16)25-22(26)19-11-7-6-10-18(19)17-9-5-4-8-15(17)2/h4-14H,3H2,1-2H3,(H,25,26). The molecule has 0 aliphatic carbocycles. The molecule has 0 saturated heterocycles. The first-order chi connectivity index (χ1) is 13.5. The summed E-state index contributed by atoms with van der Waals surface area (Å²) in [6, 6.07) is 20.0. The number of rotatable bonds is 5. The van der Waals surface area contributed by atoms with E-state index in [9.17, 15) is 9.59 Å². The predicted molar refractivity (Wildman–Crippen MR) is 112 cm³/mol. The van der Waals surface area contributed by atoms with Gasteiger partial charge in [0.25, 0.3) is 5.91 Å². The molecule has 0 aromatic heterocycles. The maximum absolute atomic E-state index is 12.9. The third-order valence-electron chi connectivity index (χ3n) is 4.34. The molecule has 0 aliphatic heterocycles. The van der Waals surface area contributed by atoms with Crippen molar-refractivity contribution in [3.05, 3.63) is 88.4 Å². The van der Waals surface area contributed by atoms with E-state index >= 15 is 0 Å². The summed E-state index contributed by atoms with van der Waals surface area (Å²) < 4.78 is 4.96. The molecule has 142 valence electrons. The Labute approximate surface area is 169 Å². The van der Waals surface area contributed by atoms with Crippen molar-refractivity contribution in [2.75, 3.05) is 11.9 Å². The third-order valence-corrected chi connectivity index (χ3v) is 4.65. The van der Waals surface area contributed by atoms with E-state index in [2.05, 4.69) is 5.32 Å². The predicted octanol–water partition coefficient (Wildman–Crippen LogP) is 5.74. The van der Waals surface area contributed by atoms with Gasteiger partial charge in [0, 0.05) is 5.56 Å². The van der Waals surface area contributed by atoms with Crippen LogP contribution in [0.5, 0.6) is 0 Å². The van der Waals surface area contributed by atoms with Crippen LogP contribution in [-0.2, 0) is 4.74 Å². The first-order valence-electron chi connectivity index (χ1n) is 8.94. The lowest BCUT2D eigenvalue weighted by Gasteiger charge is -2.13. The van der Waals surface area contributed by atoms with E-state index in [1.54, 1.807) is 25.1 Å². The first-order valence-corrected chi connectivity index (χ1v) is 9.32. The molecule has 0 bridgehead atoms. The van der Waals surface area contributed by atoms with Gasteiger partial charge in [-0.3, -0.25) is 4.79 Å². The second-order valence-electron chi connectivity index (χ2n) is 6.23. The van der Waals surface area contributed by atoms with Gasteiger partial charge in [-0.15, -0.1) is 0 Å². The molecule has 28 heavy (non-hydrogen) atoms. The fourth-order valence-electron chi connectivity index (χ4n) is 2.94. The van der Waals surface area contributed by atoms with Crippen molar-refractivity contribution in [2.24, 2.45) is 0 Å². The summed E-state index contributed by atoms with van der Waals surface area (Å²) in [5.74, 6) is -0.725. The van der Waals surface area contributed by atoms with Gasteiger partial charge < -0.3 is 10.1 Å². The van der Waals surface area contributed by atoms with Crippen LogP contribution in [0.2, 0.25) is 5.02 Å². The lowest BCUT2D eigenvalue weighted by atomic mass is 9.95. The highest BCUT2D eigenvalue weighted by molar-refractivity contribution is 6.34. The Bertz CT molecular complexity index is 1030. The van der Waals surface area contributed by atoms with Crippen molar-refractivity contribution in [3.8, 4) is 11.1 Å². The first kappa shape index (κ1) is 19.6. The lowest BCUT2D eigenvalue weighted by Crippen LogP contribution is -2.14. The van der Waals surface area contributed by atoms with Crippen LogP contribution >= 0.6 is 11.6 Å². The Kier molecular flexibility index (Phi) is 6.12. The molecule has 0 spiro atoms. The summed E-state index contributed by atoms with van der Waals surface area (Å²) in [5, 5.41) is 3.10. The molecule has 0 aliphatic rings. The van der Waals surface area contributed by atoms with E-state index < -0.39 is 5.97 Å². The van der Waals surface area contributed by atoms with E-state index in [1.165, 1.54) is 6.07 Å². The zero-order valence-electron chi connectivity index (χ0n) is 15.7. The fraction of sp³-hybridized carbons (Fsp3) is 0.130. The zero-order valence-corrected chi connectivity index (χ0v) is 16.4. The molecule has 0 atom stereocenters. The molecule has 3 aromatic carbocycles. The Hall–Kier alpha value is -3.11. The number of nitrogens with one attached hydrogen (secondary N) is 1. The average molecular weight is 394 g/mol. The Morgan fingerprint density at radius 3 is 2.32 bits per heavy atom. The van der Waals surface area contributed by atoms with Gasteiger partial charge in [-0.05, 0) is 54.8 Å². The van der Waals surface area contributed by atoms with Gasteiger partial charge in [-0.1, -0.05) is 54.1 Å². The molecule has 0 heterocycles. The van der Waals surface area contributed by atoms with Crippen molar-refractivity contribution in [1.82, 2.24) is 0 Å². The number of aryl methyl sites for hydroxylation is 1. The summed E-state index contributed by atoms with van der Waals surface area (Å²) in [7, 11) is 0. The molecule has 0 radical (unpaired) electrons. The summed E-state index contributed by atoms with van der Waals surface area (Å²) in [6.45, 7) is 4.03. The van der Waals surface area contributed by atoms with Gasteiger partial charge in [-0.2, -0.15) is 0 Å². The van der Waals surface area contributed by atoms with E-state index in [4.69, 9.17) is 16.3 Å². The third kappa shape index (κ3) is 4.24. The molecular formula is C23H20ClNO3. The smallest absolute Gasteiger partial charge is 0.338 e. The maximum Gasteiger partial charge on any atom is 0.338 e. The van der Waals surface area contributed by atoms with Crippen LogP contribution in [0.1, 0.15) is 33.2 Å². The summed E-state index contributed by atoms with van der Waals surface area (Å²) in [5.41, 5.74) is 4.24. The molecule has 3 aromatic rings. The topological polar surface area (TPSA) is 55.4 Å². The van der Waals surface area contributed by atoms with Gasteiger partial charge in [0.1, 0.15) is 0 Å². The SMILES string of the molecule is CCOC(=O)c1ccc(NC(=O)c2ccccc2-c2ccccc2C)c(Cl)c1. The van der Waals surface area contributed by atoms with Gasteiger partial charge >= 0.3 is 5.97 Å². The number of esters is 1. The number of hydrogen-bond acceptors (Lipinski definition) is 3. The number of amides is 1. The van der Waals surface area contributed by atoms with Crippen LogP contribution in [0, 0.1) is 6.92 Å². The minimum absolute atomic E-state index is 0.271. The maximum atomic E-state index is 12.9. The Morgan fingerprint density at radius 2 is 1.64 bits per heavy atom. The van der Waals surface area contributed by atoms with Crippen LogP contribution < -0.4 is 5.32 Å². The minimum Gasteiger partial charge on any atom is -0.462 e. The van der Waals surface area contributed by atoms with Crippen molar-refractivity contribution in [1.29, 1.82) is 0 Å². The number of carbonyl (C=O) groups is 2. The number of halogens is 1. The van der Waals surface area contributed by atoms with Gasteiger partial charge in [-0.25, -0.2) is 4.79 Å². The van der Waals surface area contributed by atoms with Crippen LogP contribution in [0.3, 0.4) is 0 Å². The van der Waals surface area contributed by atoms with Crippen LogP contribution in [0.25, 0.3) is 11.1 Å². The van der Waals surface area contributed by atoms with E-state index in [-0.39, 0.29) is 17.5 Å². The average Bonchev–Trinajstić information content (AvgIpc) is 2.70. The molecule has 0 fully saturated rings. The summed E-state index contributed by atoms with van der Waals surface area (Å²) in [4.78, 5) is 24.7. The van der Waals surface area contributed by atoms with Gasteiger partial charge in [0.2, 0.25) is 0 Å². The lowest BCUT2D eigenvalue weighted by molar-refractivity contribution is 0.0526. The second kappa shape index (κ2) is 8.72. The van der Waals surface area contributed by atoms with E-state index in [1.807, 2.05) is 49.4 Å². The van der Waals surface area contributed by atoms with Crippen LogP contribution in [0.4, 0.5) is 5.69 Å². The Morgan fingerprint density at radius 1 is 0.964 bits per heavy atom. The van der Waals surface area contributed by atoms with Crippen molar-refractivity contribution < 1.29 is 14.3 Å². The molecule has 0 unspecified atom stereocenters. The van der Waals surface area contributed by atoms with Crippen molar-refractivity contribution in [3.63, 3.8) is 0 Å². The van der Waals surface area contributed by atoms with Gasteiger partial charge in [0.05, 0.1) is 22.9 Å². The largest absolute Gasteiger partial charge is 0.462 e. The van der Waals surface area contributed by atoms with Crippen LogP contribution in [0.15, 0.2) is 66.7 Å². The molecular weight excluding hydrogens is 374 g/mol. The zero-order chi connectivity index (χ0) is 20.1. The second-order valence-corrected chi connectivity index (χ2v) is 6.64. The summed E-state index contributed by atoms with van der Waals surface area (Å²) >= 11 is 6.26. The number of benzene rings is 3. The Balaban J connectivity index is 1.89. The fourth-order valence-corrected chi connectivity index (χ4v) is 3.17. The highest BCUT2D eigenvalue weighted by Gasteiger charge is 2.16. The van der Waals surface area contributed by atoms with Crippen molar-refractivity contribution >= 4 is 29.2 Å². The molecule has 1 N–H and O–H groups in total. The van der Waals surface area contributed by atoms with Crippen LogP contribution in [-0.4, -0.2) is 18.5 Å². The minimum atomic E-state index is -0.452. The molecule has 4 nitrogen and oxygen atoms in total. The van der Waals surface area contributed by atoms with E-state index in [0.717, 1.165) is 16.7 Å². The highest BCUT2D eigenvalue weighted by atomic mass is 35.5. The van der Waals surface area contributed by atoms with E-state index in [0.29, 0.717) is 16.8 Å². The summed E-state index contributed by atoms with van der Waals surface area (Å²) in [6.07, 6.45) is 0. The quantitative estimate of drug-likeness (QED) is 0.562. The normalized spacial score (nSPS) is 10.4. The number of hydrogen-bond donors (Lipinski definition) is 1. The number of ether oxygens (including phenoxy) is 1. The number of carbonyl (C=O) groups excluding carboxylic acids is 2. The molecule has 0 saturated carbocycles. The van der Waals surface area contributed by atoms with Gasteiger partial charge in [0.15, 0.2) is 0 Å². The monoisotopic (exact) mass is 393 g/mol. The molecule has 3 rings (SSSR count). The molecule has 5 heteroatoms. The van der Waals surface area contributed by atoms with Crippen molar-refractivity contribution in [2.45, 2.75) is 13.8 Å². The highest BCUT2D eigenvalue weighted by Crippen LogP contribution is 2.29.